The Morgan fingerprint density at radius 2 is 2.10 bits per heavy atom. The summed E-state index contributed by atoms with van der Waals surface area (Å²) >= 11 is 1.58. The molecule has 1 N–H and O–H groups in total. The molecule has 0 amide bonds. The summed E-state index contributed by atoms with van der Waals surface area (Å²) in [6.07, 6.45) is 0.306. The lowest BCUT2D eigenvalue weighted by molar-refractivity contribution is -0.139. The first-order valence-corrected chi connectivity index (χ1v) is 7.53. The molecule has 0 aliphatic rings. The molecule has 1 heterocycles. The zero-order chi connectivity index (χ0) is 15.2. The Kier molecular flexibility index (Phi) is 5.47. The fourth-order valence-corrected chi connectivity index (χ4v) is 2.93. The van der Waals surface area contributed by atoms with Crippen molar-refractivity contribution in [3.05, 3.63) is 57.5 Å². The Balaban J connectivity index is 1.89. The third kappa shape index (κ3) is 4.65. The molecule has 0 unspecified atom stereocenters. The van der Waals surface area contributed by atoms with Crippen LogP contribution in [0.4, 0.5) is 4.39 Å². The first-order valence-electron chi connectivity index (χ1n) is 6.71. The summed E-state index contributed by atoms with van der Waals surface area (Å²) in [5.74, 6) is -0.456. The predicted octanol–water partition coefficient (Wildman–Crippen LogP) is 3.45. The molecule has 2 rings (SSSR count). The van der Waals surface area contributed by atoms with Crippen LogP contribution in [-0.2, 0) is 22.5 Å². The van der Waals surface area contributed by atoms with Gasteiger partial charge in [0, 0.05) is 22.3 Å². The van der Waals surface area contributed by atoms with E-state index in [2.05, 4.69) is 10.1 Å². The number of thiophene rings is 1. The minimum atomic E-state index is -0.232. The number of hydrogen-bond donors (Lipinski definition) is 1. The molecule has 0 aliphatic carbocycles. The van der Waals surface area contributed by atoms with Crippen LogP contribution in [0.2, 0.25) is 0 Å². The lowest BCUT2D eigenvalue weighted by Crippen LogP contribution is -2.17. The zero-order valence-electron chi connectivity index (χ0n) is 12.1. The number of carbonyl (C=O) groups is 1. The number of benzene rings is 1. The van der Waals surface area contributed by atoms with Crippen LogP contribution in [0.3, 0.4) is 0 Å². The van der Waals surface area contributed by atoms with Gasteiger partial charge in [-0.15, -0.1) is 11.3 Å². The highest BCUT2D eigenvalue weighted by molar-refractivity contribution is 7.12. The summed E-state index contributed by atoms with van der Waals surface area (Å²) in [5, 5.41) is 3.35. The van der Waals surface area contributed by atoms with E-state index >= 15 is 0 Å². The number of carbonyl (C=O) groups excluding carboxylic acids is 1. The standard InChI is InChI=1S/C16H18FNO2S/c1-11(12-4-3-5-13(17)8-12)18-10-15-7-6-14(21-15)9-16(19)20-2/h3-8,11,18H,9-10H2,1-2H3/t11-/m0/s1. The van der Waals surface area contributed by atoms with Crippen molar-refractivity contribution < 1.29 is 13.9 Å². The van der Waals surface area contributed by atoms with Crippen molar-refractivity contribution in [3.63, 3.8) is 0 Å². The second-order valence-corrected chi connectivity index (χ2v) is 6.03. The summed E-state index contributed by atoms with van der Waals surface area (Å²) in [5.41, 5.74) is 0.918. The van der Waals surface area contributed by atoms with Crippen molar-refractivity contribution in [2.75, 3.05) is 7.11 Å². The van der Waals surface area contributed by atoms with Crippen molar-refractivity contribution in [3.8, 4) is 0 Å². The van der Waals surface area contributed by atoms with Gasteiger partial charge in [0.05, 0.1) is 13.5 Å². The highest BCUT2D eigenvalue weighted by Gasteiger charge is 2.09. The summed E-state index contributed by atoms with van der Waals surface area (Å²) in [7, 11) is 1.39. The van der Waals surface area contributed by atoms with Crippen LogP contribution in [-0.4, -0.2) is 13.1 Å². The normalized spacial score (nSPS) is 12.1. The Bertz CT molecular complexity index is 612. The number of halogens is 1. The monoisotopic (exact) mass is 307 g/mol. The highest BCUT2D eigenvalue weighted by atomic mass is 32.1. The van der Waals surface area contributed by atoms with Gasteiger partial charge >= 0.3 is 5.97 Å². The lowest BCUT2D eigenvalue weighted by Gasteiger charge is -2.13. The maximum Gasteiger partial charge on any atom is 0.310 e. The van der Waals surface area contributed by atoms with Crippen LogP contribution in [0.5, 0.6) is 0 Å². The third-order valence-corrected chi connectivity index (χ3v) is 4.28. The van der Waals surface area contributed by atoms with Gasteiger partial charge < -0.3 is 10.1 Å². The average Bonchev–Trinajstić information content (AvgIpc) is 2.92. The number of rotatable bonds is 6. The first kappa shape index (κ1) is 15.7. The fourth-order valence-electron chi connectivity index (χ4n) is 1.97. The molecule has 21 heavy (non-hydrogen) atoms. The number of methoxy groups -OCH3 is 1. The number of hydrogen-bond acceptors (Lipinski definition) is 4. The largest absolute Gasteiger partial charge is 0.469 e. The van der Waals surface area contributed by atoms with Crippen LogP contribution in [0.1, 0.15) is 28.3 Å². The molecule has 0 bridgehead atoms. The van der Waals surface area contributed by atoms with Gasteiger partial charge in [-0.05, 0) is 36.8 Å². The molecule has 112 valence electrons. The van der Waals surface area contributed by atoms with Gasteiger partial charge in [-0.1, -0.05) is 12.1 Å². The average molecular weight is 307 g/mol. The minimum absolute atomic E-state index is 0.0619. The molecule has 0 radical (unpaired) electrons. The number of ether oxygens (including phenoxy) is 1. The molecule has 3 nitrogen and oxygen atoms in total. The van der Waals surface area contributed by atoms with Crippen LogP contribution >= 0.6 is 11.3 Å². The van der Waals surface area contributed by atoms with Gasteiger partial charge in [0.1, 0.15) is 5.82 Å². The molecule has 0 spiro atoms. The van der Waals surface area contributed by atoms with Crippen LogP contribution < -0.4 is 5.32 Å². The minimum Gasteiger partial charge on any atom is -0.469 e. The maximum absolute atomic E-state index is 13.2. The van der Waals surface area contributed by atoms with Gasteiger partial charge in [0.15, 0.2) is 0 Å². The fraction of sp³-hybridized carbons (Fsp3) is 0.312. The van der Waals surface area contributed by atoms with Crippen LogP contribution in [0, 0.1) is 5.82 Å². The van der Waals surface area contributed by atoms with Gasteiger partial charge in [-0.2, -0.15) is 0 Å². The van der Waals surface area contributed by atoms with Crippen molar-refractivity contribution in [1.29, 1.82) is 0 Å². The van der Waals surface area contributed by atoms with E-state index in [9.17, 15) is 9.18 Å². The van der Waals surface area contributed by atoms with E-state index in [-0.39, 0.29) is 17.8 Å². The molecule has 1 aromatic heterocycles. The second kappa shape index (κ2) is 7.33. The van der Waals surface area contributed by atoms with E-state index in [1.807, 2.05) is 25.1 Å². The summed E-state index contributed by atoms with van der Waals surface area (Å²) in [6, 6.07) is 10.6. The van der Waals surface area contributed by atoms with E-state index in [1.165, 1.54) is 19.2 Å². The first-order chi connectivity index (χ1) is 10.1. The van der Waals surface area contributed by atoms with Crippen LogP contribution in [0.15, 0.2) is 36.4 Å². The van der Waals surface area contributed by atoms with Gasteiger partial charge in [0.25, 0.3) is 0 Å². The third-order valence-electron chi connectivity index (χ3n) is 3.19. The summed E-state index contributed by atoms with van der Waals surface area (Å²) in [4.78, 5) is 13.3. The van der Waals surface area contributed by atoms with E-state index < -0.39 is 0 Å². The quantitative estimate of drug-likeness (QED) is 0.831. The second-order valence-electron chi connectivity index (χ2n) is 4.78. The summed E-state index contributed by atoms with van der Waals surface area (Å²) in [6.45, 7) is 2.68. The molecule has 0 saturated heterocycles. The Morgan fingerprint density at radius 1 is 1.33 bits per heavy atom. The van der Waals surface area contributed by atoms with Crippen LogP contribution in [0.25, 0.3) is 0 Å². The van der Waals surface area contributed by atoms with Crippen molar-refractivity contribution in [2.24, 2.45) is 0 Å². The SMILES string of the molecule is COC(=O)Cc1ccc(CN[C@@H](C)c2cccc(F)c2)s1. The van der Waals surface area contributed by atoms with Gasteiger partial charge in [0.2, 0.25) is 0 Å². The highest BCUT2D eigenvalue weighted by Crippen LogP contribution is 2.19. The smallest absolute Gasteiger partial charge is 0.310 e. The summed E-state index contributed by atoms with van der Waals surface area (Å²) < 4.78 is 17.8. The molecular weight excluding hydrogens is 289 g/mol. The maximum atomic E-state index is 13.2. The van der Waals surface area contributed by atoms with E-state index in [0.717, 1.165) is 15.3 Å². The molecule has 5 heteroatoms. The molecule has 0 aliphatic heterocycles. The molecule has 2 aromatic rings. The Labute approximate surface area is 127 Å². The van der Waals surface area contributed by atoms with Crippen molar-refractivity contribution in [2.45, 2.75) is 25.9 Å². The van der Waals surface area contributed by atoms with Crippen molar-refractivity contribution in [1.82, 2.24) is 5.32 Å². The van der Waals surface area contributed by atoms with Gasteiger partial charge in [-0.3, -0.25) is 4.79 Å². The van der Waals surface area contributed by atoms with E-state index in [0.29, 0.717) is 13.0 Å². The Hall–Kier alpha value is -1.72. The molecule has 1 atom stereocenters. The molecule has 0 fully saturated rings. The Morgan fingerprint density at radius 3 is 2.81 bits per heavy atom. The molecule has 1 aromatic carbocycles. The zero-order valence-corrected chi connectivity index (χ0v) is 12.9. The molecular formula is C16H18FNO2S. The van der Waals surface area contributed by atoms with Crippen molar-refractivity contribution >= 4 is 17.3 Å². The predicted molar refractivity (Wildman–Crippen MR) is 81.7 cm³/mol. The van der Waals surface area contributed by atoms with E-state index in [4.69, 9.17) is 0 Å². The number of nitrogens with one attached hydrogen (secondary N) is 1. The lowest BCUT2D eigenvalue weighted by atomic mass is 10.1. The van der Waals surface area contributed by atoms with Gasteiger partial charge in [-0.25, -0.2) is 4.39 Å². The van der Waals surface area contributed by atoms with E-state index in [1.54, 1.807) is 17.4 Å². The topological polar surface area (TPSA) is 38.3 Å². The number of esters is 1. The molecule has 0 saturated carbocycles.